The fourth-order valence-electron chi connectivity index (χ4n) is 1.84. The van der Waals surface area contributed by atoms with Crippen molar-refractivity contribution in [2.45, 2.75) is 25.8 Å². The lowest BCUT2D eigenvalue weighted by Crippen LogP contribution is -2.45. The van der Waals surface area contributed by atoms with E-state index in [1.807, 2.05) is 6.92 Å². The fourth-order valence-corrected chi connectivity index (χ4v) is 1.84. The second-order valence-electron chi connectivity index (χ2n) is 3.68. The molecule has 2 atom stereocenters. The molecule has 0 spiro atoms. The zero-order valence-electron chi connectivity index (χ0n) is 8.40. The van der Waals surface area contributed by atoms with Crippen LogP contribution in [-0.4, -0.2) is 35.8 Å². The molecule has 0 aromatic rings. The van der Waals surface area contributed by atoms with Gasteiger partial charge in [-0.3, -0.25) is 9.59 Å². The maximum atomic E-state index is 11.5. The highest BCUT2D eigenvalue weighted by molar-refractivity contribution is 5.87. The molecule has 2 amide bonds. The summed E-state index contributed by atoms with van der Waals surface area (Å²) in [5.74, 6) is -0.263. The molecular weight excluding hydrogens is 182 g/mol. The number of likely N-dealkylation sites (tertiary alicyclic amines) is 1. The van der Waals surface area contributed by atoms with Crippen LogP contribution >= 0.6 is 0 Å². The monoisotopic (exact) mass is 199 g/mol. The SMILES string of the molecule is CCC(C(N)=O)N1CC(CN)CC1=O. The van der Waals surface area contributed by atoms with Gasteiger partial charge in [0.05, 0.1) is 0 Å². The Kier molecular flexibility index (Phi) is 3.46. The minimum absolute atomic E-state index is 0.00824. The maximum absolute atomic E-state index is 11.5. The lowest BCUT2D eigenvalue weighted by Gasteiger charge is -2.24. The van der Waals surface area contributed by atoms with Crippen molar-refractivity contribution in [3.63, 3.8) is 0 Å². The summed E-state index contributed by atoms with van der Waals surface area (Å²) in [6.45, 7) is 2.90. The minimum atomic E-state index is -0.459. The molecule has 0 aromatic carbocycles. The van der Waals surface area contributed by atoms with Crippen LogP contribution in [0.15, 0.2) is 0 Å². The third kappa shape index (κ3) is 2.04. The summed E-state index contributed by atoms with van der Waals surface area (Å²) in [5.41, 5.74) is 10.7. The Morgan fingerprint density at radius 1 is 1.71 bits per heavy atom. The first-order valence-corrected chi connectivity index (χ1v) is 4.89. The summed E-state index contributed by atoms with van der Waals surface area (Å²) < 4.78 is 0. The van der Waals surface area contributed by atoms with Gasteiger partial charge in [-0.15, -0.1) is 0 Å². The first-order valence-electron chi connectivity index (χ1n) is 4.89. The van der Waals surface area contributed by atoms with Crippen LogP contribution in [0, 0.1) is 5.92 Å². The van der Waals surface area contributed by atoms with Crippen LogP contribution in [0.2, 0.25) is 0 Å². The first-order chi connectivity index (χ1) is 6.60. The van der Waals surface area contributed by atoms with Gasteiger partial charge in [-0.05, 0) is 18.9 Å². The molecule has 80 valence electrons. The van der Waals surface area contributed by atoms with Crippen LogP contribution in [0.4, 0.5) is 0 Å². The van der Waals surface area contributed by atoms with Gasteiger partial charge in [0.15, 0.2) is 0 Å². The molecule has 1 aliphatic heterocycles. The van der Waals surface area contributed by atoms with Crippen LogP contribution < -0.4 is 11.5 Å². The number of amides is 2. The van der Waals surface area contributed by atoms with Crippen molar-refractivity contribution < 1.29 is 9.59 Å². The molecule has 0 radical (unpaired) electrons. The van der Waals surface area contributed by atoms with E-state index in [9.17, 15) is 9.59 Å². The van der Waals surface area contributed by atoms with Crippen molar-refractivity contribution in [1.29, 1.82) is 0 Å². The average Bonchev–Trinajstić information content (AvgIpc) is 2.48. The summed E-state index contributed by atoms with van der Waals surface area (Å²) >= 11 is 0. The van der Waals surface area contributed by atoms with E-state index in [4.69, 9.17) is 11.5 Å². The van der Waals surface area contributed by atoms with Crippen LogP contribution in [0.1, 0.15) is 19.8 Å². The zero-order valence-corrected chi connectivity index (χ0v) is 8.40. The quantitative estimate of drug-likeness (QED) is 0.612. The Balaban J connectivity index is 2.68. The molecule has 14 heavy (non-hydrogen) atoms. The van der Waals surface area contributed by atoms with Crippen LogP contribution in [0.5, 0.6) is 0 Å². The van der Waals surface area contributed by atoms with Gasteiger partial charge in [0.25, 0.3) is 0 Å². The number of hydrogen-bond acceptors (Lipinski definition) is 3. The first kappa shape index (κ1) is 11.0. The summed E-state index contributed by atoms with van der Waals surface area (Å²) in [4.78, 5) is 24.1. The molecule has 5 heteroatoms. The van der Waals surface area contributed by atoms with E-state index in [1.54, 1.807) is 4.90 Å². The molecular formula is C9H17N3O2. The summed E-state index contributed by atoms with van der Waals surface area (Å²) in [5, 5.41) is 0. The van der Waals surface area contributed by atoms with Crippen molar-refractivity contribution in [1.82, 2.24) is 4.90 Å². The number of primary amides is 1. The second kappa shape index (κ2) is 4.41. The Morgan fingerprint density at radius 2 is 2.36 bits per heavy atom. The number of rotatable bonds is 4. The van der Waals surface area contributed by atoms with Crippen LogP contribution in [0.25, 0.3) is 0 Å². The molecule has 1 saturated heterocycles. The molecule has 5 nitrogen and oxygen atoms in total. The van der Waals surface area contributed by atoms with Crippen molar-refractivity contribution in [2.24, 2.45) is 17.4 Å². The summed E-state index contributed by atoms with van der Waals surface area (Å²) in [6.07, 6.45) is 1.01. The summed E-state index contributed by atoms with van der Waals surface area (Å²) in [7, 11) is 0. The second-order valence-corrected chi connectivity index (χ2v) is 3.68. The van der Waals surface area contributed by atoms with E-state index in [1.165, 1.54) is 0 Å². The van der Waals surface area contributed by atoms with Gasteiger partial charge in [-0.1, -0.05) is 6.92 Å². The van der Waals surface area contributed by atoms with Gasteiger partial charge in [-0.2, -0.15) is 0 Å². The van der Waals surface area contributed by atoms with Gasteiger partial charge in [-0.25, -0.2) is 0 Å². The van der Waals surface area contributed by atoms with Gasteiger partial charge in [0.1, 0.15) is 6.04 Å². The molecule has 0 bridgehead atoms. The van der Waals surface area contributed by atoms with Gasteiger partial charge in [0, 0.05) is 13.0 Å². The Morgan fingerprint density at radius 3 is 2.71 bits per heavy atom. The number of nitrogens with two attached hydrogens (primary N) is 2. The molecule has 4 N–H and O–H groups in total. The van der Waals surface area contributed by atoms with Gasteiger partial charge >= 0.3 is 0 Å². The fraction of sp³-hybridized carbons (Fsp3) is 0.778. The molecule has 1 heterocycles. The summed E-state index contributed by atoms with van der Waals surface area (Å²) in [6, 6.07) is -0.459. The maximum Gasteiger partial charge on any atom is 0.240 e. The van der Waals surface area contributed by atoms with E-state index in [0.717, 1.165) is 0 Å². The number of carbonyl (C=O) groups is 2. The Hall–Kier alpha value is -1.10. The predicted molar refractivity (Wildman–Crippen MR) is 52.1 cm³/mol. The van der Waals surface area contributed by atoms with Crippen molar-refractivity contribution in [3.05, 3.63) is 0 Å². The normalized spacial score (nSPS) is 24.0. The van der Waals surface area contributed by atoms with E-state index in [0.29, 0.717) is 25.9 Å². The molecule has 1 rings (SSSR count). The molecule has 0 aliphatic carbocycles. The molecule has 1 aliphatic rings. The molecule has 1 fully saturated rings. The van der Waals surface area contributed by atoms with Gasteiger partial charge < -0.3 is 16.4 Å². The number of nitrogens with zero attached hydrogens (tertiary/aromatic N) is 1. The lowest BCUT2D eigenvalue weighted by atomic mass is 10.1. The third-order valence-electron chi connectivity index (χ3n) is 2.66. The highest BCUT2D eigenvalue weighted by atomic mass is 16.2. The molecule has 2 unspecified atom stereocenters. The topological polar surface area (TPSA) is 89.4 Å². The number of carbonyl (C=O) groups excluding carboxylic acids is 2. The lowest BCUT2D eigenvalue weighted by molar-refractivity contribution is -0.136. The van der Waals surface area contributed by atoms with E-state index < -0.39 is 11.9 Å². The van der Waals surface area contributed by atoms with Crippen molar-refractivity contribution in [3.8, 4) is 0 Å². The Labute approximate surface area is 83.4 Å². The zero-order chi connectivity index (χ0) is 10.7. The Bertz CT molecular complexity index is 242. The molecule has 0 saturated carbocycles. The minimum Gasteiger partial charge on any atom is -0.368 e. The van der Waals surface area contributed by atoms with E-state index >= 15 is 0 Å². The third-order valence-corrected chi connectivity index (χ3v) is 2.66. The molecule has 0 aromatic heterocycles. The predicted octanol–water partition coefficient (Wildman–Crippen LogP) is -0.942. The smallest absolute Gasteiger partial charge is 0.240 e. The average molecular weight is 199 g/mol. The number of hydrogen-bond donors (Lipinski definition) is 2. The van der Waals surface area contributed by atoms with Gasteiger partial charge in [0.2, 0.25) is 11.8 Å². The van der Waals surface area contributed by atoms with Crippen LogP contribution in [-0.2, 0) is 9.59 Å². The van der Waals surface area contributed by atoms with E-state index in [-0.39, 0.29) is 11.8 Å². The van der Waals surface area contributed by atoms with E-state index in [2.05, 4.69) is 0 Å². The van der Waals surface area contributed by atoms with Crippen LogP contribution in [0.3, 0.4) is 0 Å². The standard InChI is InChI=1S/C9H17N3O2/c1-2-7(9(11)14)12-5-6(4-10)3-8(12)13/h6-7H,2-5,10H2,1H3,(H2,11,14). The largest absolute Gasteiger partial charge is 0.368 e. The highest BCUT2D eigenvalue weighted by Crippen LogP contribution is 2.20. The highest BCUT2D eigenvalue weighted by Gasteiger charge is 2.35. The van der Waals surface area contributed by atoms with Crippen molar-refractivity contribution in [2.75, 3.05) is 13.1 Å². The van der Waals surface area contributed by atoms with Crippen molar-refractivity contribution >= 4 is 11.8 Å².